The molecule has 0 radical (unpaired) electrons. The van der Waals surface area contributed by atoms with Crippen LogP contribution in [0, 0.1) is 5.92 Å². The van der Waals surface area contributed by atoms with Gasteiger partial charge < -0.3 is 10.1 Å². The van der Waals surface area contributed by atoms with Gasteiger partial charge in [0.1, 0.15) is 0 Å². The van der Waals surface area contributed by atoms with Crippen molar-refractivity contribution in [2.45, 2.75) is 70.5 Å². The van der Waals surface area contributed by atoms with E-state index in [4.69, 9.17) is 4.74 Å². The SMILES string of the molecule is CCC1(CC)CNC(C)(C2CC2)CN1C(C)COC. The zero-order chi connectivity index (χ0) is 14.1. The van der Waals surface area contributed by atoms with Crippen molar-refractivity contribution in [3.63, 3.8) is 0 Å². The molecule has 2 unspecified atom stereocenters. The molecule has 2 atom stereocenters. The van der Waals surface area contributed by atoms with E-state index in [-0.39, 0.29) is 0 Å². The Balaban J connectivity index is 2.17. The fourth-order valence-corrected chi connectivity index (χ4v) is 3.90. The standard InChI is InChI=1S/C16H32N2O/c1-6-16(7-2)11-17-15(4,14-8-9-14)12-18(16)13(3)10-19-5/h13-14,17H,6-12H2,1-5H3. The third kappa shape index (κ3) is 2.84. The highest BCUT2D eigenvalue weighted by molar-refractivity contribution is 5.09. The first-order valence-corrected chi connectivity index (χ1v) is 8.02. The van der Waals surface area contributed by atoms with Crippen LogP contribution in [-0.4, -0.2) is 48.8 Å². The van der Waals surface area contributed by atoms with Gasteiger partial charge in [-0.15, -0.1) is 0 Å². The third-order valence-electron chi connectivity index (χ3n) is 5.66. The number of nitrogens with zero attached hydrogens (tertiary/aromatic N) is 1. The summed E-state index contributed by atoms with van der Waals surface area (Å²) in [5.41, 5.74) is 0.627. The van der Waals surface area contributed by atoms with Crippen molar-refractivity contribution in [3.8, 4) is 0 Å². The Morgan fingerprint density at radius 1 is 1.32 bits per heavy atom. The van der Waals surface area contributed by atoms with Crippen LogP contribution in [0.25, 0.3) is 0 Å². The van der Waals surface area contributed by atoms with Crippen LogP contribution >= 0.6 is 0 Å². The van der Waals surface area contributed by atoms with Crippen molar-refractivity contribution in [1.29, 1.82) is 0 Å². The van der Waals surface area contributed by atoms with Crippen molar-refractivity contribution in [1.82, 2.24) is 10.2 Å². The van der Waals surface area contributed by atoms with Crippen LogP contribution in [0.4, 0.5) is 0 Å². The topological polar surface area (TPSA) is 24.5 Å². The number of methoxy groups -OCH3 is 1. The molecule has 19 heavy (non-hydrogen) atoms. The van der Waals surface area contributed by atoms with E-state index >= 15 is 0 Å². The van der Waals surface area contributed by atoms with Crippen LogP contribution in [-0.2, 0) is 4.74 Å². The summed E-state index contributed by atoms with van der Waals surface area (Å²) in [5.74, 6) is 0.886. The lowest BCUT2D eigenvalue weighted by atomic mass is 9.80. The molecule has 0 amide bonds. The number of nitrogens with one attached hydrogen (secondary N) is 1. The first-order valence-electron chi connectivity index (χ1n) is 8.02. The summed E-state index contributed by atoms with van der Waals surface area (Å²) in [4.78, 5) is 2.74. The summed E-state index contributed by atoms with van der Waals surface area (Å²) in [5, 5.41) is 3.89. The highest BCUT2D eigenvalue weighted by atomic mass is 16.5. The van der Waals surface area contributed by atoms with Gasteiger partial charge in [-0.1, -0.05) is 13.8 Å². The van der Waals surface area contributed by atoms with Crippen molar-refractivity contribution < 1.29 is 4.74 Å². The number of hydrogen-bond acceptors (Lipinski definition) is 3. The molecule has 3 nitrogen and oxygen atoms in total. The van der Waals surface area contributed by atoms with E-state index in [0.29, 0.717) is 17.1 Å². The number of rotatable bonds is 6. The van der Waals surface area contributed by atoms with Crippen LogP contribution in [0.1, 0.15) is 53.4 Å². The minimum Gasteiger partial charge on any atom is -0.383 e. The largest absolute Gasteiger partial charge is 0.383 e. The van der Waals surface area contributed by atoms with Gasteiger partial charge in [0.15, 0.2) is 0 Å². The Morgan fingerprint density at radius 3 is 2.42 bits per heavy atom. The van der Waals surface area contributed by atoms with Crippen molar-refractivity contribution in [3.05, 3.63) is 0 Å². The van der Waals surface area contributed by atoms with E-state index in [1.807, 2.05) is 7.11 Å². The predicted molar refractivity (Wildman–Crippen MR) is 80.5 cm³/mol. The van der Waals surface area contributed by atoms with Crippen LogP contribution in [0.2, 0.25) is 0 Å². The maximum absolute atomic E-state index is 5.42. The average Bonchev–Trinajstić information content (AvgIpc) is 3.24. The molecule has 3 heteroatoms. The summed E-state index contributed by atoms with van der Waals surface area (Å²) in [6.45, 7) is 12.5. The van der Waals surface area contributed by atoms with E-state index in [2.05, 4.69) is 37.9 Å². The molecule has 1 N–H and O–H groups in total. The molecule has 0 spiro atoms. The van der Waals surface area contributed by atoms with Crippen molar-refractivity contribution in [2.75, 3.05) is 26.8 Å². The Bertz CT molecular complexity index is 299. The second-order valence-corrected chi connectivity index (χ2v) is 6.91. The minimum absolute atomic E-state index is 0.312. The lowest BCUT2D eigenvalue weighted by Crippen LogP contribution is -2.71. The second-order valence-electron chi connectivity index (χ2n) is 6.91. The zero-order valence-corrected chi connectivity index (χ0v) is 13.5. The van der Waals surface area contributed by atoms with E-state index in [0.717, 1.165) is 19.1 Å². The van der Waals surface area contributed by atoms with Gasteiger partial charge in [-0.2, -0.15) is 0 Å². The smallest absolute Gasteiger partial charge is 0.0615 e. The quantitative estimate of drug-likeness (QED) is 0.801. The fourth-order valence-electron chi connectivity index (χ4n) is 3.90. The maximum atomic E-state index is 5.42. The third-order valence-corrected chi connectivity index (χ3v) is 5.66. The molecule has 0 bridgehead atoms. The van der Waals surface area contributed by atoms with Gasteiger partial charge in [0.25, 0.3) is 0 Å². The molecule has 1 aliphatic carbocycles. The lowest BCUT2D eigenvalue weighted by molar-refractivity contribution is -0.0480. The maximum Gasteiger partial charge on any atom is 0.0615 e. The molecule has 0 aromatic carbocycles. The number of ether oxygens (including phenoxy) is 1. The average molecular weight is 268 g/mol. The minimum atomic E-state index is 0.312. The Labute approximate surface area is 119 Å². The van der Waals surface area contributed by atoms with Crippen molar-refractivity contribution in [2.24, 2.45) is 5.92 Å². The molecule has 112 valence electrons. The van der Waals surface area contributed by atoms with Crippen LogP contribution in [0.3, 0.4) is 0 Å². The van der Waals surface area contributed by atoms with E-state index in [9.17, 15) is 0 Å². The molecule has 1 saturated heterocycles. The monoisotopic (exact) mass is 268 g/mol. The van der Waals surface area contributed by atoms with E-state index < -0.39 is 0 Å². The lowest BCUT2D eigenvalue weighted by Gasteiger charge is -2.56. The molecule has 1 heterocycles. The van der Waals surface area contributed by atoms with E-state index in [1.54, 1.807) is 0 Å². The Kier molecular flexibility index (Phi) is 4.59. The molecular weight excluding hydrogens is 236 g/mol. The molecule has 2 aliphatic rings. The summed E-state index contributed by atoms with van der Waals surface area (Å²) in [6.07, 6.45) is 5.24. The Morgan fingerprint density at radius 2 is 1.95 bits per heavy atom. The number of piperazine rings is 1. The summed E-state index contributed by atoms with van der Waals surface area (Å²) in [7, 11) is 1.82. The van der Waals surface area contributed by atoms with Gasteiger partial charge in [0.05, 0.1) is 6.61 Å². The number of hydrogen-bond donors (Lipinski definition) is 1. The molecule has 2 rings (SSSR count). The van der Waals surface area contributed by atoms with Gasteiger partial charge >= 0.3 is 0 Å². The highest BCUT2D eigenvalue weighted by Gasteiger charge is 2.50. The van der Waals surface area contributed by atoms with Gasteiger partial charge in [-0.05, 0) is 45.4 Å². The van der Waals surface area contributed by atoms with Crippen molar-refractivity contribution >= 4 is 0 Å². The highest BCUT2D eigenvalue weighted by Crippen LogP contribution is 2.44. The Hall–Kier alpha value is -0.120. The van der Waals surface area contributed by atoms with Gasteiger partial charge in [-0.3, -0.25) is 4.90 Å². The summed E-state index contributed by atoms with van der Waals surface area (Å²) >= 11 is 0. The first-order chi connectivity index (χ1) is 9.01. The fraction of sp³-hybridized carbons (Fsp3) is 1.00. The zero-order valence-electron chi connectivity index (χ0n) is 13.5. The van der Waals surface area contributed by atoms with Crippen LogP contribution < -0.4 is 5.32 Å². The van der Waals surface area contributed by atoms with Gasteiger partial charge in [0.2, 0.25) is 0 Å². The van der Waals surface area contributed by atoms with Gasteiger partial charge in [-0.25, -0.2) is 0 Å². The molecular formula is C16H32N2O. The molecule has 0 aromatic rings. The van der Waals surface area contributed by atoms with Crippen LogP contribution in [0.15, 0.2) is 0 Å². The summed E-state index contributed by atoms with van der Waals surface area (Å²) in [6, 6.07) is 0.505. The van der Waals surface area contributed by atoms with Gasteiger partial charge in [0, 0.05) is 37.3 Å². The van der Waals surface area contributed by atoms with E-state index in [1.165, 1.54) is 32.2 Å². The molecule has 2 fully saturated rings. The second kappa shape index (κ2) is 5.71. The molecule has 1 saturated carbocycles. The molecule has 0 aromatic heterocycles. The summed E-state index contributed by atoms with van der Waals surface area (Å²) < 4.78 is 5.42. The predicted octanol–water partition coefficient (Wildman–Crippen LogP) is 2.65. The normalized spacial score (nSPS) is 33.3. The molecule has 1 aliphatic heterocycles. The van der Waals surface area contributed by atoms with Crippen LogP contribution in [0.5, 0.6) is 0 Å². The first kappa shape index (κ1) is 15.3.